The van der Waals surface area contributed by atoms with E-state index < -0.39 is 10.0 Å². The SMILES string of the molecule is Cc1cc(Cl)cc(Cl)c1S(=O)(=O)Nc1ccc(Cl)c(O[C@H]2CCN(C)C2)c1. The summed E-state index contributed by atoms with van der Waals surface area (Å²) in [6, 6.07) is 7.71. The molecule has 9 heteroatoms. The predicted molar refractivity (Wildman–Crippen MR) is 110 cm³/mol. The van der Waals surface area contributed by atoms with Gasteiger partial charge in [0.1, 0.15) is 16.7 Å². The monoisotopic (exact) mass is 448 g/mol. The number of benzene rings is 2. The van der Waals surface area contributed by atoms with Gasteiger partial charge in [-0.25, -0.2) is 8.42 Å². The van der Waals surface area contributed by atoms with Crippen LogP contribution in [0.4, 0.5) is 5.69 Å². The molecule has 1 fully saturated rings. The topological polar surface area (TPSA) is 58.6 Å². The molecule has 0 radical (unpaired) electrons. The molecule has 0 bridgehead atoms. The van der Waals surface area contributed by atoms with E-state index in [1.165, 1.54) is 6.07 Å². The Morgan fingerprint density at radius 1 is 1.15 bits per heavy atom. The quantitative estimate of drug-likeness (QED) is 0.709. The zero-order valence-corrected chi connectivity index (χ0v) is 17.9. The van der Waals surface area contributed by atoms with Crippen LogP contribution in [0.2, 0.25) is 15.1 Å². The van der Waals surface area contributed by atoms with Crippen molar-refractivity contribution in [2.75, 3.05) is 24.9 Å². The van der Waals surface area contributed by atoms with E-state index in [1.54, 1.807) is 31.2 Å². The first kappa shape index (κ1) is 20.6. The molecule has 1 saturated heterocycles. The van der Waals surface area contributed by atoms with Crippen molar-refractivity contribution in [3.05, 3.63) is 51.0 Å². The zero-order valence-electron chi connectivity index (χ0n) is 14.8. The van der Waals surface area contributed by atoms with Crippen LogP contribution in [-0.4, -0.2) is 39.6 Å². The lowest BCUT2D eigenvalue weighted by Crippen LogP contribution is -2.21. The van der Waals surface area contributed by atoms with Crippen molar-refractivity contribution < 1.29 is 13.2 Å². The lowest BCUT2D eigenvalue weighted by molar-refractivity contribution is 0.208. The molecule has 27 heavy (non-hydrogen) atoms. The van der Waals surface area contributed by atoms with Crippen molar-refractivity contribution in [2.24, 2.45) is 0 Å². The second kappa shape index (κ2) is 8.05. The molecule has 0 aliphatic carbocycles. The summed E-state index contributed by atoms with van der Waals surface area (Å²) in [7, 11) is -1.88. The van der Waals surface area contributed by atoms with E-state index in [9.17, 15) is 8.42 Å². The van der Waals surface area contributed by atoms with Crippen LogP contribution in [0.15, 0.2) is 35.2 Å². The minimum Gasteiger partial charge on any atom is -0.487 e. The minimum absolute atomic E-state index is 0.0107. The molecule has 1 aliphatic heterocycles. The first-order valence-electron chi connectivity index (χ1n) is 8.29. The number of sulfonamides is 1. The van der Waals surface area contributed by atoms with Crippen molar-refractivity contribution in [3.63, 3.8) is 0 Å². The summed E-state index contributed by atoms with van der Waals surface area (Å²) < 4.78 is 34.1. The van der Waals surface area contributed by atoms with Gasteiger partial charge in [-0.3, -0.25) is 4.72 Å². The summed E-state index contributed by atoms with van der Waals surface area (Å²) in [6.07, 6.45) is 0.912. The number of hydrogen-bond donors (Lipinski definition) is 1. The Kier molecular flexibility index (Phi) is 6.13. The summed E-state index contributed by atoms with van der Waals surface area (Å²) in [5.74, 6) is 0.441. The standard InChI is InChI=1S/C18H19Cl3N2O3S/c1-11-7-12(19)8-16(21)18(11)27(24,25)22-13-3-4-15(20)17(9-13)26-14-5-6-23(2)10-14/h3-4,7-9,14,22H,5-6,10H2,1-2H3/t14-/m0/s1. The number of halogens is 3. The fourth-order valence-corrected chi connectivity index (χ4v) is 5.46. The maximum absolute atomic E-state index is 12.8. The third-order valence-corrected chi connectivity index (χ3v) is 6.81. The van der Waals surface area contributed by atoms with Gasteiger partial charge >= 0.3 is 0 Å². The number of likely N-dealkylation sites (tertiary alicyclic amines) is 1. The van der Waals surface area contributed by atoms with E-state index in [0.717, 1.165) is 19.5 Å². The summed E-state index contributed by atoms with van der Waals surface area (Å²) in [6.45, 7) is 3.38. The Labute approximate surface area is 174 Å². The van der Waals surface area contributed by atoms with Gasteiger partial charge in [0.15, 0.2) is 0 Å². The molecule has 146 valence electrons. The van der Waals surface area contributed by atoms with Gasteiger partial charge in [0.05, 0.1) is 15.7 Å². The van der Waals surface area contributed by atoms with Crippen molar-refractivity contribution in [2.45, 2.75) is 24.3 Å². The second-order valence-corrected chi connectivity index (χ2v) is 9.45. The van der Waals surface area contributed by atoms with E-state index in [4.69, 9.17) is 39.5 Å². The van der Waals surface area contributed by atoms with Gasteiger partial charge in [-0.05, 0) is 50.2 Å². The molecule has 0 amide bonds. The average Bonchev–Trinajstić information content (AvgIpc) is 2.94. The fourth-order valence-electron chi connectivity index (χ4n) is 3.06. The van der Waals surface area contributed by atoms with Crippen molar-refractivity contribution in [3.8, 4) is 5.75 Å². The van der Waals surface area contributed by atoms with Gasteiger partial charge in [0.2, 0.25) is 0 Å². The summed E-state index contributed by atoms with van der Waals surface area (Å²) in [5.41, 5.74) is 0.797. The highest BCUT2D eigenvalue weighted by Gasteiger charge is 2.24. The molecule has 0 saturated carbocycles. The van der Waals surface area contributed by atoms with Crippen LogP contribution >= 0.6 is 34.8 Å². The molecule has 1 atom stereocenters. The molecule has 0 aromatic heterocycles. The van der Waals surface area contributed by atoms with Gasteiger partial charge in [0.25, 0.3) is 10.0 Å². The van der Waals surface area contributed by atoms with E-state index in [0.29, 0.717) is 27.0 Å². The number of aryl methyl sites for hydroxylation is 1. The summed E-state index contributed by atoms with van der Waals surface area (Å²) in [5, 5.41) is 0.861. The van der Waals surface area contributed by atoms with Crippen molar-refractivity contribution in [1.29, 1.82) is 0 Å². The smallest absolute Gasteiger partial charge is 0.263 e. The Hall–Kier alpha value is -1.18. The fraction of sp³-hybridized carbons (Fsp3) is 0.333. The summed E-state index contributed by atoms with van der Waals surface area (Å²) in [4.78, 5) is 2.15. The van der Waals surface area contributed by atoms with Gasteiger partial charge in [-0.15, -0.1) is 0 Å². The molecule has 2 aromatic carbocycles. The predicted octanol–water partition coefficient (Wildman–Crippen LogP) is 4.84. The molecule has 0 spiro atoms. The number of hydrogen-bond acceptors (Lipinski definition) is 4. The molecule has 1 N–H and O–H groups in total. The number of rotatable bonds is 5. The zero-order chi connectivity index (χ0) is 19.8. The van der Waals surface area contributed by atoms with Gasteiger partial charge in [0, 0.05) is 24.2 Å². The highest BCUT2D eigenvalue weighted by atomic mass is 35.5. The first-order valence-corrected chi connectivity index (χ1v) is 10.9. The molecule has 5 nitrogen and oxygen atoms in total. The molecule has 3 rings (SSSR count). The Bertz CT molecular complexity index is 943. The number of likely N-dealkylation sites (N-methyl/N-ethyl adjacent to an activating group) is 1. The van der Waals surface area contributed by atoms with Crippen LogP contribution in [0.25, 0.3) is 0 Å². The molecule has 1 heterocycles. The van der Waals surface area contributed by atoms with Crippen LogP contribution in [0.1, 0.15) is 12.0 Å². The van der Waals surface area contributed by atoms with E-state index in [1.807, 2.05) is 7.05 Å². The maximum atomic E-state index is 12.8. The van der Waals surface area contributed by atoms with Crippen LogP contribution in [0.5, 0.6) is 5.75 Å². The van der Waals surface area contributed by atoms with Gasteiger partial charge in [-0.1, -0.05) is 34.8 Å². The molecular weight excluding hydrogens is 431 g/mol. The highest BCUT2D eigenvalue weighted by Crippen LogP contribution is 2.33. The maximum Gasteiger partial charge on any atom is 0.263 e. The normalized spacial score (nSPS) is 17.9. The average molecular weight is 450 g/mol. The van der Waals surface area contributed by atoms with Crippen LogP contribution in [0.3, 0.4) is 0 Å². The largest absolute Gasteiger partial charge is 0.487 e. The third kappa shape index (κ3) is 4.81. The van der Waals surface area contributed by atoms with E-state index in [2.05, 4.69) is 9.62 Å². The Balaban J connectivity index is 1.86. The number of anilines is 1. The van der Waals surface area contributed by atoms with Crippen LogP contribution < -0.4 is 9.46 Å². The third-order valence-electron chi connectivity index (χ3n) is 4.29. The number of ether oxygens (including phenoxy) is 1. The lowest BCUT2D eigenvalue weighted by atomic mass is 10.2. The van der Waals surface area contributed by atoms with E-state index >= 15 is 0 Å². The highest BCUT2D eigenvalue weighted by molar-refractivity contribution is 7.92. The van der Waals surface area contributed by atoms with E-state index in [-0.39, 0.29) is 16.0 Å². The number of nitrogens with zero attached hydrogens (tertiary/aromatic N) is 1. The second-order valence-electron chi connectivity index (χ2n) is 6.58. The van der Waals surface area contributed by atoms with Crippen LogP contribution in [-0.2, 0) is 10.0 Å². The van der Waals surface area contributed by atoms with Crippen molar-refractivity contribution in [1.82, 2.24) is 4.90 Å². The van der Waals surface area contributed by atoms with Gasteiger partial charge in [-0.2, -0.15) is 0 Å². The van der Waals surface area contributed by atoms with Crippen molar-refractivity contribution >= 4 is 50.5 Å². The number of nitrogens with one attached hydrogen (secondary N) is 1. The molecular formula is C18H19Cl3N2O3S. The van der Waals surface area contributed by atoms with Gasteiger partial charge < -0.3 is 9.64 Å². The molecule has 0 unspecified atom stereocenters. The van der Waals surface area contributed by atoms with Crippen LogP contribution in [0, 0.1) is 6.92 Å². The first-order chi connectivity index (χ1) is 12.7. The Morgan fingerprint density at radius 3 is 2.52 bits per heavy atom. The summed E-state index contributed by atoms with van der Waals surface area (Å²) >= 11 is 18.3. The Morgan fingerprint density at radius 2 is 1.89 bits per heavy atom. The molecule has 1 aliphatic rings. The lowest BCUT2D eigenvalue weighted by Gasteiger charge is -2.17. The minimum atomic E-state index is -3.90. The molecule has 2 aromatic rings.